The zero-order valence-electron chi connectivity index (χ0n) is 11.2. The molecule has 0 bridgehead atoms. The normalized spacial score (nSPS) is 28.4. The second kappa shape index (κ2) is 5.12. The topological polar surface area (TPSA) is 52.6 Å². The summed E-state index contributed by atoms with van der Waals surface area (Å²) in [6.07, 6.45) is 2.56. The molecule has 0 N–H and O–H groups in total. The first kappa shape index (κ1) is 12.9. The van der Waals surface area contributed by atoms with E-state index in [1.165, 1.54) is 0 Å². The van der Waals surface area contributed by atoms with E-state index in [-0.39, 0.29) is 30.1 Å². The zero-order valence-corrected chi connectivity index (χ0v) is 11.2. The molecule has 4 heteroatoms. The van der Waals surface area contributed by atoms with Crippen LogP contribution in [0.3, 0.4) is 0 Å². The van der Waals surface area contributed by atoms with Crippen molar-refractivity contribution < 1.29 is 19.1 Å². The lowest BCUT2D eigenvalue weighted by Gasteiger charge is -2.28. The fourth-order valence-electron chi connectivity index (χ4n) is 2.75. The van der Waals surface area contributed by atoms with E-state index in [9.17, 15) is 9.59 Å². The number of carbonyl (C=O) groups excluding carboxylic acids is 2. The first-order valence-electron chi connectivity index (χ1n) is 6.77. The molecule has 1 aromatic rings. The Labute approximate surface area is 117 Å². The summed E-state index contributed by atoms with van der Waals surface area (Å²) in [6, 6.07) is 8.93. The lowest BCUT2D eigenvalue weighted by molar-refractivity contribution is -0.140. The number of hydrogen-bond acceptors (Lipinski definition) is 4. The average Bonchev–Trinajstić information content (AvgIpc) is 2.79. The van der Waals surface area contributed by atoms with Gasteiger partial charge in [-0.15, -0.1) is 0 Å². The van der Waals surface area contributed by atoms with Gasteiger partial charge >= 0.3 is 11.9 Å². The monoisotopic (exact) mass is 272 g/mol. The van der Waals surface area contributed by atoms with E-state index in [0.29, 0.717) is 18.4 Å². The van der Waals surface area contributed by atoms with Crippen LogP contribution in [-0.2, 0) is 14.3 Å². The molecule has 3 atom stereocenters. The van der Waals surface area contributed by atoms with Crippen LogP contribution in [0.4, 0.5) is 0 Å². The maximum Gasteiger partial charge on any atom is 0.338 e. The van der Waals surface area contributed by atoms with Crippen molar-refractivity contribution in [3.05, 3.63) is 47.5 Å². The standard InChI is InChI=1S/C16H16O4/c1-10-7-14-12(9-15(17)19-14)8-13(10)20-16(18)11-5-3-2-4-6-11/h2-7,12-14H,8-9H2,1H3/t12-,13+,14-/m1/s1. The predicted molar refractivity (Wildman–Crippen MR) is 72.0 cm³/mol. The molecule has 0 saturated carbocycles. The minimum absolute atomic E-state index is 0.125. The van der Waals surface area contributed by atoms with Crippen LogP contribution in [0.25, 0.3) is 0 Å². The summed E-state index contributed by atoms with van der Waals surface area (Å²) in [5.41, 5.74) is 1.49. The number of benzene rings is 1. The molecule has 1 fully saturated rings. The van der Waals surface area contributed by atoms with Crippen molar-refractivity contribution in [2.75, 3.05) is 0 Å². The Balaban J connectivity index is 1.71. The molecular weight excluding hydrogens is 256 g/mol. The number of rotatable bonds is 2. The van der Waals surface area contributed by atoms with E-state index in [2.05, 4.69) is 0 Å². The minimum atomic E-state index is -0.327. The zero-order chi connectivity index (χ0) is 14.1. The summed E-state index contributed by atoms with van der Waals surface area (Å²) < 4.78 is 10.8. The quantitative estimate of drug-likeness (QED) is 0.613. The van der Waals surface area contributed by atoms with E-state index in [0.717, 1.165) is 5.57 Å². The summed E-state index contributed by atoms with van der Waals surface area (Å²) in [5.74, 6) is -0.370. The smallest absolute Gasteiger partial charge is 0.338 e. The first-order chi connectivity index (χ1) is 9.63. The van der Waals surface area contributed by atoms with E-state index < -0.39 is 0 Å². The Kier molecular flexibility index (Phi) is 3.30. The summed E-state index contributed by atoms with van der Waals surface area (Å²) in [7, 11) is 0. The fourth-order valence-corrected chi connectivity index (χ4v) is 2.75. The lowest BCUT2D eigenvalue weighted by Crippen LogP contribution is -2.30. The van der Waals surface area contributed by atoms with Crippen LogP contribution in [0.5, 0.6) is 0 Å². The van der Waals surface area contributed by atoms with Gasteiger partial charge in [0.2, 0.25) is 0 Å². The van der Waals surface area contributed by atoms with Crippen molar-refractivity contribution in [1.29, 1.82) is 0 Å². The van der Waals surface area contributed by atoms with Crippen LogP contribution in [-0.4, -0.2) is 24.1 Å². The second-order valence-corrected chi connectivity index (χ2v) is 5.33. The maximum atomic E-state index is 12.1. The van der Waals surface area contributed by atoms with Gasteiger partial charge in [0.05, 0.1) is 12.0 Å². The van der Waals surface area contributed by atoms with Crippen LogP contribution in [0, 0.1) is 5.92 Å². The van der Waals surface area contributed by atoms with E-state index >= 15 is 0 Å². The molecule has 0 unspecified atom stereocenters. The van der Waals surface area contributed by atoms with Crippen molar-refractivity contribution in [2.45, 2.75) is 32.0 Å². The highest BCUT2D eigenvalue weighted by Gasteiger charge is 2.39. The van der Waals surface area contributed by atoms with Gasteiger partial charge in [-0.05, 0) is 37.1 Å². The molecular formula is C16H16O4. The van der Waals surface area contributed by atoms with Gasteiger partial charge in [-0.2, -0.15) is 0 Å². The summed E-state index contributed by atoms with van der Waals surface area (Å²) in [5, 5.41) is 0. The van der Waals surface area contributed by atoms with Gasteiger partial charge in [0.15, 0.2) is 0 Å². The van der Waals surface area contributed by atoms with Crippen molar-refractivity contribution >= 4 is 11.9 Å². The Morgan fingerprint density at radius 2 is 2.05 bits per heavy atom. The molecule has 4 nitrogen and oxygen atoms in total. The summed E-state index contributed by atoms with van der Waals surface area (Å²) in [6.45, 7) is 1.91. The average molecular weight is 272 g/mol. The molecule has 1 heterocycles. The molecule has 0 aromatic heterocycles. The molecule has 1 aliphatic heterocycles. The van der Waals surface area contributed by atoms with Crippen LogP contribution < -0.4 is 0 Å². The molecule has 3 rings (SSSR count). The molecule has 0 amide bonds. The van der Waals surface area contributed by atoms with Crippen molar-refractivity contribution in [1.82, 2.24) is 0 Å². The molecule has 104 valence electrons. The van der Waals surface area contributed by atoms with Gasteiger partial charge in [0.1, 0.15) is 12.2 Å². The minimum Gasteiger partial charge on any atom is -0.458 e. The third-order valence-electron chi connectivity index (χ3n) is 3.87. The van der Waals surface area contributed by atoms with Crippen molar-refractivity contribution in [3.63, 3.8) is 0 Å². The van der Waals surface area contributed by atoms with E-state index in [4.69, 9.17) is 9.47 Å². The summed E-state index contributed by atoms with van der Waals surface area (Å²) in [4.78, 5) is 23.4. The lowest BCUT2D eigenvalue weighted by atomic mass is 9.85. The molecule has 2 aliphatic rings. The number of ether oxygens (including phenoxy) is 2. The third-order valence-corrected chi connectivity index (χ3v) is 3.87. The Bertz CT molecular complexity index is 561. The second-order valence-electron chi connectivity index (χ2n) is 5.33. The molecule has 1 aliphatic carbocycles. The number of fused-ring (bicyclic) bond motifs is 1. The van der Waals surface area contributed by atoms with Gasteiger partial charge in [0.25, 0.3) is 0 Å². The number of hydrogen-bond donors (Lipinski definition) is 0. The highest BCUT2D eigenvalue weighted by atomic mass is 16.6. The van der Waals surface area contributed by atoms with Crippen LogP contribution >= 0.6 is 0 Å². The Hall–Kier alpha value is -2.10. The Morgan fingerprint density at radius 3 is 2.80 bits per heavy atom. The van der Waals surface area contributed by atoms with Crippen LogP contribution in [0.2, 0.25) is 0 Å². The molecule has 20 heavy (non-hydrogen) atoms. The molecule has 0 radical (unpaired) electrons. The van der Waals surface area contributed by atoms with Gasteiger partial charge in [-0.3, -0.25) is 4.79 Å². The summed E-state index contributed by atoms with van der Waals surface area (Å²) >= 11 is 0. The third kappa shape index (κ3) is 2.46. The van der Waals surface area contributed by atoms with Crippen LogP contribution in [0.15, 0.2) is 42.0 Å². The largest absolute Gasteiger partial charge is 0.458 e. The van der Waals surface area contributed by atoms with Crippen LogP contribution in [0.1, 0.15) is 30.1 Å². The highest BCUT2D eigenvalue weighted by Crippen LogP contribution is 2.35. The fraction of sp³-hybridized carbons (Fsp3) is 0.375. The molecule has 0 spiro atoms. The van der Waals surface area contributed by atoms with Gasteiger partial charge in [-0.25, -0.2) is 4.79 Å². The van der Waals surface area contributed by atoms with E-state index in [1.54, 1.807) is 24.3 Å². The highest BCUT2D eigenvalue weighted by molar-refractivity contribution is 5.89. The van der Waals surface area contributed by atoms with Crippen molar-refractivity contribution in [2.24, 2.45) is 5.92 Å². The number of carbonyl (C=O) groups is 2. The van der Waals surface area contributed by atoms with Gasteiger partial charge in [-0.1, -0.05) is 18.2 Å². The first-order valence-corrected chi connectivity index (χ1v) is 6.77. The molecule has 1 aromatic carbocycles. The SMILES string of the molecule is CC1=C[C@H]2OC(=O)C[C@H]2C[C@@H]1OC(=O)c1ccccc1. The maximum absolute atomic E-state index is 12.1. The number of esters is 2. The molecule has 1 saturated heterocycles. The van der Waals surface area contributed by atoms with Crippen molar-refractivity contribution in [3.8, 4) is 0 Å². The Morgan fingerprint density at radius 1 is 1.30 bits per heavy atom. The van der Waals surface area contributed by atoms with Gasteiger partial charge < -0.3 is 9.47 Å². The van der Waals surface area contributed by atoms with Gasteiger partial charge in [0, 0.05) is 5.92 Å². The van der Waals surface area contributed by atoms with E-state index in [1.807, 2.05) is 19.1 Å². The predicted octanol–water partition coefficient (Wildman–Crippen LogP) is 2.49.